The Balaban J connectivity index is 6.28. The van der Waals surface area contributed by atoms with Crippen LogP contribution in [0.15, 0.2) is 0 Å². The first-order valence-electron chi connectivity index (χ1n) is 11.8. The van der Waals surface area contributed by atoms with Gasteiger partial charge in [0.05, 0.1) is 0 Å². The lowest BCUT2D eigenvalue weighted by molar-refractivity contribution is 0.0893. The molecule has 0 saturated carbocycles. The van der Waals surface area contributed by atoms with E-state index in [0.717, 1.165) is 0 Å². The van der Waals surface area contributed by atoms with Gasteiger partial charge in [-0.1, -0.05) is 0 Å². The second-order valence-corrected chi connectivity index (χ2v) is 20.9. The second kappa shape index (κ2) is 17.8. The number of rotatable bonds is 23. The molecule has 0 radical (unpaired) electrons. The molecule has 8 N–H and O–H groups in total. The van der Waals surface area contributed by atoms with Crippen molar-refractivity contribution >= 4 is 35.0 Å². The molecule has 0 aromatic rings. The van der Waals surface area contributed by atoms with Gasteiger partial charge in [-0.25, -0.2) is 0 Å². The van der Waals surface area contributed by atoms with Gasteiger partial charge in [-0.15, -0.1) is 0 Å². The average Bonchev–Trinajstić information content (AvgIpc) is 2.86. The molecule has 12 nitrogen and oxygen atoms in total. The maximum atomic E-state index is 6.84. The zero-order chi connectivity index (χ0) is 26.1. The van der Waals surface area contributed by atoms with Crippen molar-refractivity contribution in [2.75, 3.05) is 61.7 Å². The lowest BCUT2D eigenvalue weighted by Crippen LogP contribution is -2.64. The summed E-state index contributed by atoms with van der Waals surface area (Å²) in [6.07, 6.45) is 2.72. The zero-order valence-corrected chi connectivity index (χ0v) is 26.1. The normalized spacial score (nSPS) is 16.4. The predicted molar refractivity (Wildman–Crippen MR) is 141 cm³/mol. The molecule has 0 amide bonds. The van der Waals surface area contributed by atoms with Crippen LogP contribution in [0.3, 0.4) is 0 Å². The predicted octanol–water partition coefficient (Wildman–Crippen LogP) is 0.552. The molecule has 0 fully saturated rings. The Hall–Kier alpha value is 0.388. The summed E-state index contributed by atoms with van der Waals surface area (Å²) >= 11 is 0. The van der Waals surface area contributed by atoms with Crippen molar-refractivity contribution < 1.29 is 34.5 Å². The van der Waals surface area contributed by atoms with Crippen molar-refractivity contribution in [1.82, 2.24) is 0 Å². The molecular formula is C18H50N4O8Si4. The summed E-state index contributed by atoms with van der Waals surface area (Å²) in [5.41, 5.74) is 23.2. The fourth-order valence-electron chi connectivity index (χ4n) is 3.55. The molecule has 2 unspecified atom stereocenters. The van der Waals surface area contributed by atoms with Crippen LogP contribution >= 0.6 is 0 Å². The molecule has 0 rings (SSSR count). The van der Waals surface area contributed by atoms with Crippen LogP contribution in [0.5, 0.6) is 0 Å². The van der Waals surface area contributed by atoms with Gasteiger partial charge in [-0.05, 0) is 64.5 Å². The molecular weight excluding hydrogens is 513 g/mol. The van der Waals surface area contributed by atoms with Crippen molar-refractivity contribution in [2.45, 2.75) is 56.4 Å². The molecule has 0 saturated heterocycles. The van der Waals surface area contributed by atoms with E-state index in [4.69, 9.17) is 57.4 Å². The standard InChI is InChI=1S/C18H50N4O8Si4/c1-23-32(24-2,16-8-12-20)28-31(6,15-7-11-19)29-34(27-5,18-10-14-22)30-33(25-3,26-4)17-9-13-21/h7-22H2,1-6H3. The molecule has 0 bridgehead atoms. The summed E-state index contributed by atoms with van der Waals surface area (Å²) in [4.78, 5) is 0. The van der Waals surface area contributed by atoms with E-state index in [1.165, 1.54) is 0 Å². The third-order valence-electron chi connectivity index (χ3n) is 5.51. The van der Waals surface area contributed by atoms with Crippen molar-refractivity contribution in [3.8, 4) is 0 Å². The van der Waals surface area contributed by atoms with Crippen LogP contribution in [0.2, 0.25) is 30.7 Å². The topological polar surface area (TPSA) is 178 Å². The van der Waals surface area contributed by atoms with Gasteiger partial charge in [0.25, 0.3) is 0 Å². The fourth-order valence-corrected chi connectivity index (χ4v) is 20.4. The molecule has 0 heterocycles. The first kappa shape index (κ1) is 34.4. The highest BCUT2D eigenvalue weighted by Crippen LogP contribution is 2.33. The Morgan fingerprint density at radius 1 is 0.441 bits per heavy atom. The quantitative estimate of drug-likeness (QED) is 0.127. The summed E-state index contributed by atoms with van der Waals surface area (Å²) < 4.78 is 49.4. The van der Waals surface area contributed by atoms with Crippen LogP contribution in [-0.4, -0.2) is 96.7 Å². The van der Waals surface area contributed by atoms with Crippen LogP contribution in [0.1, 0.15) is 25.7 Å². The summed E-state index contributed by atoms with van der Waals surface area (Å²) in [6.45, 7) is 3.90. The third-order valence-corrected chi connectivity index (χ3v) is 21.2. The minimum absolute atomic E-state index is 0.454. The van der Waals surface area contributed by atoms with Crippen molar-refractivity contribution in [2.24, 2.45) is 22.9 Å². The first-order valence-corrected chi connectivity index (χ1v) is 20.2. The van der Waals surface area contributed by atoms with E-state index in [-0.39, 0.29) is 0 Å². The van der Waals surface area contributed by atoms with Crippen molar-refractivity contribution in [3.05, 3.63) is 0 Å². The summed E-state index contributed by atoms with van der Waals surface area (Å²) in [7, 11) is -4.67. The van der Waals surface area contributed by atoms with Gasteiger partial charge < -0.3 is 57.4 Å². The minimum Gasteiger partial charge on any atom is -0.394 e. The average molecular weight is 563 g/mol. The Bertz CT molecular complexity index is 526. The molecule has 0 aromatic carbocycles. The highest BCUT2D eigenvalue weighted by atomic mass is 28.5. The molecule has 16 heteroatoms. The maximum absolute atomic E-state index is 6.84. The van der Waals surface area contributed by atoms with E-state index in [1.807, 2.05) is 6.55 Å². The highest BCUT2D eigenvalue weighted by Gasteiger charge is 2.57. The number of nitrogens with two attached hydrogens (primary N) is 4. The van der Waals surface area contributed by atoms with Crippen LogP contribution in [0.4, 0.5) is 0 Å². The lowest BCUT2D eigenvalue weighted by atomic mass is 10.5. The van der Waals surface area contributed by atoms with Crippen LogP contribution in [0, 0.1) is 0 Å². The van der Waals surface area contributed by atoms with E-state index >= 15 is 0 Å². The zero-order valence-electron chi connectivity index (χ0n) is 22.1. The van der Waals surface area contributed by atoms with E-state index in [2.05, 4.69) is 0 Å². The van der Waals surface area contributed by atoms with Gasteiger partial charge in [0.2, 0.25) is 0 Å². The summed E-state index contributed by atoms with van der Waals surface area (Å²) in [5, 5.41) is 0. The number of hydrogen-bond acceptors (Lipinski definition) is 12. The van der Waals surface area contributed by atoms with Crippen LogP contribution in [0.25, 0.3) is 0 Å². The fraction of sp³-hybridized carbons (Fsp3) is 1.00. The molecule has 0 aliphatic heterocycles. The van der Waals surface area contributed by atoms with E-state index < -0.39 is 35.0 Å². The van der Waals surface area contributed by atoms with E-state index in [9.17, 15) is 0 Å². The molecule has 0 aliphatic carbocycles. The highest BCUT2D eigenvalue weighted by molar-refractivity contribution is 6.85. The largest absolute Gasteiger partial charge is 0.493 e. The SMILES string of the molecule is CO[Si](CCCN)(OC)O[Si](C)(CCCN)O[Si](CCCN)(OC)O[Si](CCCN)(OC)OC. The van der Waals surface area contributed by atoms with Gasteiger partial charge in [0.15, 0.2) is 0 Å². The van der Waals surface area contributed by atoms with Gasteiger partial charge in [0, 0.05) is 53.7 Å². The van der Waals surface area contributed by atoms with Gasteiger partial charge in [-0.2, -0.15) is 0 Å². The Morgan fingerprint density at radius 3 is 1.09 bits per heavy atom. The molecule has 34 heavy (non-hydrogen) atoms. The number of hydrogen-bond donors (Lipinski definition) is 4. The van der Waals surface area contributed by atoms with Crippen molar-refractivity contribution in [3.63, 3.8) is 0 Å². The van der Waals surface area contributed by atoms with Gasteiger partial charge in [0.1, 0.15) is 0 Å². The van der Waals surface area contributed by atoms with E-state index in [1.54, 1.807) is 35.5 Å². The smallest absolute Gasteiger partial charge is 0.394 e. The molecule has 206 valence electrons. The second-order valence-electron chi connectivity index (χ2n) is 8.08. The minimum atomic E-state index is -3.39. The van der Waals surface area contributed by atoms with E-state index in [0.29, 0.717) is 76.0 Å². The first-order chi connectivity index (χ1) is 16.2. The molecule has 2 atom stereocenters. The van der Waals surface area contributed by atoms with Gasteiger partial charge >= 0.3 is 35.0 Å². The summed E-state index contributed by atoms with van der Waals surface area (Å²) in [5.74, 6) is 0. The Labute approximate surface area is 210 Å². The monoisotopic (exact) mass is 562 g/mol. The molecule has 0 spiro atoms. The van der Waals surface area contributed by atoms with Crippen molar-refractivity contribution in [1.29, 1.82) is 0 Å². The maximum Gasteiger partial charge on any atom is 0.493 e. The van der Waals surface area contributed by atoms with Crippen LogP contribution < -0.4 is 22.9 Å². The lowest BCUT2D eigenvalue weighted by Gasteiger charge is -2.43. The Morgan fingerprint density at radius 2 is 0.735 bits per heavy atom. The Kier molecular flexibility index (Phi) is 18.0. The molecule has 0 aromatic heterocycles. The summed E-state index contributed by atoms with van der Waals surface area (Å²) in [6, 6.07) is 2.19. The van der Waals surface area contributed by atoms with Crippen LogP contribution in [-0.2, 0) is 34.5 Å². The molecule has 0 aliphatic rings. The van der Waals surface area contributed by atoms with Gasteiger partial charge in [-0.3, -0.25) is 0 Å². The third kappa shape index (κ3) is 11.2.